The molecule has 1 amide bonds. The van der Waals surface area contributed by atoms with E-state index in [0.717, 1.165) is 22.8 Å². The third-order valence-corrected chi connectivity index (χ3v) is 3.14. The van der Waals surface area contributed by atoms with Gasteiger partial charge < -0.3 is 5.32 Å². The van der Waals surface area contributed by atoms with Crippen LogP contribution in [0.2, 0.25) is 0 Å². The lowest BCUT2D eigenvalue weighted by atomic mass is 9.92. The first-order valence-electron chi connectivity index (χ1n) is 4.79. The first-order chi connectivity index (χ1) is 6.72. The fourth-order valence-electron chi connectivity index (χ4n) is 1.50. The minimum atomic E-state index is 0.0341. The van der Waals surface area contributed by atoms with Crippen molar-refractivity contribution in [1.29, 1.82) is 5.26 Å². The zero-order valence-corrected chi connectivity index (χ0v) is 9.28. The Hall–Kier alpha value is -0.950. The smallest absolute Gasteiger partial charge is 0.225 e. The molecule has 0 aromatic heterocycles. The topological polar surface area (TPSA) is 52.9 Å². The lowest BCUT2D eigenvalue weighted by molar-refractivity contribution is -0.121. The minimum Gasteiger partial charge on any atom is -0.320 e. The first-order valence-corrected chi connectivity index (χ1v) is 5.78. The van der Waals surface area contributed by atoms with Crippen molar-refractivity contribution in [3.8, 4) is 6.07 Å². The average molecular weight is 210 g/mol. The predicted molar refractivity (Wildman–Crippen MR) is 57.3 cm³/mol. The van der Waals surface area contributed by atoms with E-state index in [2.05, 4.69) is 11.4 Å². The number of carbonyl (C=O) groups excluding carboxylic acids is 1. The van der Waals surface area contributed by atoms with Crippen LogP contribution in [0.15, 0.2) is 10.6 Å². The Morgan fingerprint density at radius 2 is 2.36 bits per heavy atom. The molecule has 1 unspecified atom stereocenters. The average Bonchev–Trinajstić information content (AvgIpc) is 2.17. The van der Waals surface area contributed by atoms with Gasteiger partial charge in [-0.2, -0.15) is 5.26 Å². The second-order valence-corrected chi connectivity index (χ2v) is 4.42. The number of hydrogen-bond donors (Lipinski definition) is 1. The van der Waals surface area contributed by atoms with E-state index in [1.807, 2.05) is 13.8 Å². The highest BCUT2D eigenvalue weighted by Gasteiger charge is 2.26. The lowest BCUT2D eigenvalue weighted by Gasteiger charge is -2.23. The number of carbonyl (C=O) groups is 1. The highest BCUT2D eigenvalue weighted by atomic mass is 32.2. The van der Waals surface area contributed by atoms with Crippen molar-refractivity contribution in [2.24, 2.45) is 5.92 Å². The summed E-state index contributed by atoms with van der Waals surface area (Å²) in [5.74, 6) is 1.02. The van der Waals surface area contributed by atoms with Gasteiger partial charge in [0.25, 0.3) is 0 Å². The zero-order valence-electron chi connectivity index (χ0n) is 8.46. The van der Waals surface area contributed by atoms with Crippen molar-refractivity contribution in [3.05, 3.63) is 10.6 Å². The van der Waals surface area contributed by atoms with Crippen LogP contribution in [0.5, 0.6) is 0 Å². The first kappa shape index (κ1) is 11.1. The molecule has 1 atom stereocenters. The Kier molecular flexibility index (Phi) is 4.02. The third kappa shape index (κ3) is 2.30. The lowest BCUT2D eigenvalue weighted by Crippen LogP contribution is -2.31. The SMILES string of the molecule is CCSC1=C(C#N)C(CC)CC(=O)N1. The molecular weight excluding hydrogens is 196 g/mol. The van der Waals surface area contributed by atoms with Crippen molar-refractivity contribution in [2.45, 2.75) is 26.7 Å². The standard InChI is InChI=1S/C10H14N2OS/c1-3-7-5-9(13)12-10(14-4-2)8(7)6-11/h7H,3-5H2,1-2H3,(H,12,13). The second kappa shape index (κ2) is 5.06. The summed E-state index contributed by atoms with van der Waals surface area (Å²) >= 11 is 1.53. The normalized spacial score (nSPS) is 21.8. The fraction of sp³-hybridized carbons (Fsp3) is 0.600. The molecule has 3 nitrogen and oxygen atoms in total. The molecule has 1 heterocycles. The van der Waals surface area contributed by atoms with Crippen LogP contribution in [-0.2, 0) is 4.79 Å². The van der Waals surface area contributed by atoms with E-state index in [1.165, 1.54) is 11.8 Å². The maximum absolute atomic E-state index is 11.3. The largest absolute Gasteiger partial charge is 0.320 e. The van der Waals surface area contributed by atoms with E-state index in [4.69, 9.17) is 5.26 Å². The van der Waals surface area contributed by atoms with E-state index >= 15 is 0 Å². The van der Waals surface area contributed by atoms with Crippen molar-refractivity contribution in [3.63, 3.8) is 0 Å². The third-order valence-electron chi connectivity index (χ3n) is 2.24. The Morgan fingerprint density at radius 3 is 2.86 bits per heavy atom. The molecule has 0 aromatic rings. The number of hydrogen-bond acceptors (Lipinski definition) is 3. The van der Waals surface area contributed by atoms with Crippen molar-refractivity contribution in [2.75, 3.05) is 5.75 Å². The Bertz CT molecular complexity index is 304. The van der Waals surface area contributed by atoms with Gasteiger partial charge in [-0.25, -0.2) is 0 Å². The molecule has 0 bridgehead atoms. The molecule has 4 heteroatoms. The van der Waals surface area contributed by atoms with E-state index in [1.54, 1.807) is 0 Å². The highest BCUT2D eigenvalue weighted by Crippen LogP contribution is 2.30. The molecule has 0 aromatic carbocycles. The summed E-state index contributed by atoms with van der Waals surface area (Å²) in [5.41, 5.74) is 0.749. The van der Waals surface area contributed by atoms with Crippen LogP contribution in [0.4, 0.5) is 0 Å². The number of allylic oxidation sites excluding steroid dienone is 1. The van der Waals surface area contributed by atoms with Gasteiger partial charge in [-0.3, -0.25) is 4.79 Å². The van der Waals surface area contributed by atoms with Crippen LogP contribution in [0.3, 0.4) is 0 Å². The van der Waals surface area contributed by atoms with E-state index < -0.39 is 0 Å². The summed E-state index contributed by atoms with van der Waals surface area (Å²) in [7, 11) is 0. The molecule has 14 heavy (non-hydrogen) atoms. The van der Waals surface area contributed by atoms with Crippen molar-refractivity contribution in [1.82, 2.24) is 5.32 Å². The van der Waals surface area contributed by atoms with Gasteiger partial charge in [0, 0.05) is 12.3 Å². The molecule has 0 spiro atoms. The molecule has 0 saturated carbocycles. The molecule has 0 aliphatic carbocycles. The van der Waals surface area contributed by atoms with Gasteiger partial charge in [0.15, 0.2) is 0 Å². The van der Waals surface area contributed by atoms with Crippen LogP contribution >= 0.6 is 11.8 Å². The van der Waals surface area contributed by atoms with Gasteiger partial charge in [0.1, 0.15) is 0 Å². The maximum atomic E-state index is 11.3. The Balaban J connectivity index is 2.96. The van der Waals surface area contributed by atoms with Crippen LogP contribution in [0.1, 0.15) is 26.7 Å². The molecule has 1 N–H and O–H groups in total. The molecule has 0 saturated heterocycles. The van der Waals surface area contributed by atoms with Gasteiger partial charge in [0.05, 0.1) is 16.7 Å². The Morgan fingerprint density at radius 1 is 1.64 bits per heavy atom. The van der Waals surface area contributed by atoms with E-state index in [0.29, 0.717) is 6.42 Å². The summed E-state index contributed by atoms with van der Waals surface area (Å²) < 4.78 is 0. The molecule has 76 valence electrons. The fourth-order valence-corrected chi connectivity index (χ4v) is 2.35. The van der Waals surface area contributed by atoms with Gasteiger partial charge in [-0.05, 0) is 12.2 Å². The van der Waals surface area contributed by atoms with Gasteiger partial charge in [0.2, 0.25) is 5.91 Å². The maximum Gasteiger partial charge on any atom is 0.225 e. The predicted octanol–water partition coefficient (Wildman–Crippen LogP) is 2.02. The Labute approximate surface area is 88.6 Å². The monoisotopic (exact) mass is 210 g/mol. The molecule has 1 rings (SSSR count). The summed E-state index contributed by atoms with van der Waals surface area (Å²) in [4.78, 5) is 11.3. The van der Waals surface area contributed by atoms with E-state index in [9.17, 15) is 4.79 Å². The quantitative estimate of drug-likeness (QED) is 0.775. The van der Waals surface area contributed by atoms with Crippen LogP contribution in [-0.4, -0.2) is 11.7 Å². The molecule has 1 aliphatic heterocycles. The minimum absolute atomic E-state index is 0.0341. The van der Waals surface area contributed by atoms with Gasteiger partial charge in [-0.15, -0.1) is 11.8 Å². The van der Waals surface area contributed by atoms with E-state index in [-0.39, 0.29) is 11.8 Å². The second-order valence-electron chi connectivity index (χ2n) is 3.15. The summed E-state index contributed by atoms with van der Waals surface area (Å²) in [6, 6.07) is 2.20. The highest BCUT2D eigenvalue weighted by molar-refractivity contribution is 8.03. The number of thioether (sulfide) groups is 1. The number of rotatable bonds is 3. The summed E-state index contributed by atoms with van der Waals surface area (Å²) in [5, 5.41) is 12.5. The number of nitriles is 1. The molecule has 0 fully saturated rings. The molecule has 1 aliphatic rings. The molecule has 0 radical (unpaired) electrons. The van der Waals surface area contributed by atoms with Gasteiger partial charge in [-0.1, -0.05) is 13.8 Å². The molecular formula is C10H14N2OS. The summed E-state index contributed by atoms with van der Waals surface area (Å²) in [6.07, 6.45) is 1.30. The van der Waals surface area contributed by atoms with Gasteiger partial charge >= 0.3 is 0 Å². The number of nitrogens with one attached hydrogen (secondary N) is 1. The number of amides is 1. The number of nitrogens with zero attached hydrogens (tertiary/aromatic N) is 1. The van der Waals surface area contributed by atoms with Crippen LogP contribution in [0, 0.1) is 17.2 Å². The van der Waals surface area contributed by atoms with Crippen molar-refractivity contribution >= 4 is 17.7 Å². The zero-order chi connectivity index (χ0) is 10.6. The summed E-state index contributed by atoms with van der Waals surface area (Å²) in [6.45, 7) is 4.02. The van der Waals surface area contributed by atoms with Crippen LogP contribution < -0.4 is 5.32 Å². The van der Waals surface area contributed by atoms with Crippen molar-refractivity contribution < 1.29 is 4.79 Å². The van der Waals surface area contributed by atoms with Crippen LogP contribution in [0.25, 0.3) is 0 Å².